The lowest BCUT2D eigenvalue weighted by atomic mass is 10.2. The molecule has 0 aromatic carbocycles. The van der Waals surface area contributed by atoms with Crippen LogP contribution >= 0.6 is 11.8 Å². The van der Waals surface area contributed by atoms with E-state index in [0.29, 0.717) is 12.8 Å². The molecule has 0 aliphatic carbocycles. The molecule has 4 nitrogen and oxygen atoms in total. The van der Waals surface area contributed by atoms with E-state index in [1.54, 1.807) is 0 Å². The lowest BCUT2D eigenvalue weighted by Crippen LogP contribution is -2.41. The van der Waals surface area contributed by atoms with Crippen molar-refractivity contribution in [1.82, 2.24) is 4.90 Å². The van der Waals surface area contributed by atoms with Gasteiger partial charge in [0.05, 0.1) is 5.75 Å². The Bertz CT molecular complexity index is 295. The first kappa shape index (κ1) is 13.1. The summed E-state index contributed by atoms with van der Waals surface area (Å²) in [4.78, 5) is 23.0. The number of hydrogen-bond acceptors (Lipinski definition) is 3. The molecule has 8 heteroatoms. The normalized spacial score (nSPS) is 21.2. The lowest BCUT2D eigenvalue weighted by Gasteiger charge is -2.21. The first-order chi connectivity index (χ1) is 7.31. The Morgan fingerprint density at radius 2 is 2.06 bits per heavy atom. The largest absolute Gasteiger partial charge is 0.480 e. The van der Waals surface area contributed by atoms with Gasteiger partial charge in [-0.25, -0.2) is 4.79 Å². The van der Waals surface area contributed by atoms with Crippen LogP contribution in [-0.2, 0) is 9.59 Å². The van der Waals surface area contributed by atoms with E-state index >= 15 is 0 Å². The lowest BCUT2D eigenvalue weighted by molar-refractivity contribution is -0.147. The molecule has 0 bridgehead atoms. The number of halogens is 3. The number of carboxylic acid groups (broad SMARTS) is 1. The van der Waals surface area contributed by atoms with Crippen LogP contribution in [0.2, 0.25) is 0 Å². The number of likely N-dealkylation sites (tertiary alicyclic amines) is 1. The number of carboxylic acids is 1. The molecule has 1 heterocycles. The fourth-order valence-corrected chi connectivity index (χ4v) is 2.00. The van der Waals surface area contributed by atoms with E-state index in [2.05, 4.69) is 0 Å². The average molecular weight is 257 g/mol. The summed E-state index contributed by atoms with van der Waals surface area (Å²) in [6.45, 7) is 0.216. The Kier molecular flexibility index (Phi) is 4.06. The minimum absolute atomic E-state index is 0.216. The second-order valence-electron chi connectivity index (χ2n) is 3.32. The molecule has 0 aromatic heterocycles. The van der Waals surface area contributed by atoms with Crippen molar-refractivity contribution in [2.45, 2.75) is 24.4 Å². The zero-order valence-corrected chi connectivity index (χ0v) is 8.98. The quantitative estimate of drug-likeness (QED) is 0.828. The molecule has 16 heavy (non-hydrogen) atoms. The zero-order valence-electron chi connectivity index (χ0n) is 8.16. The fourth-order valence-electron chi connectivity index (χ4n) is 1.55. The summed E-state index contributed by atoms with van der Waals surface area (Å²) < 4.78 is 35.5. The van der Waals surface area contributed by atoms with Crippen molar-refractivity contribution >= 4 is 23.6 Å². The highest BCUT2D eigenvalue weighted by Crippen LogP contribution is 2.31. The summed E-state index contributed by atoms with van der Waals surface area (Å²) >= 11 is -0.442. The third-order valence-corrected chi connectivity index (χ3v) is 2.94. The molecule has 1 amide bonds. The monoisotopic (exact) mass is 257 g/mol. The highest BCUT2D eigenvalue weighted by Gasteiger charge is 2.36. The first-order valence-electron chi connectivity index (χ1n) is 4.54. The zero-order chi connectivity index (χ0) is 12.3. The van der Waals surface area contributed by atoms with Crippen LogP contribution in [-0.4, -0.2) is 45.7 Å². The average Bonchev–Trinajstić information content (AvgIpc) is 2.61. The number of carbonyl (C=O) groups is 2. The standard InChI is InChI=1S/C8H10F3NO3S/c9-8(10,11)16-4-6(13)12-3-1-2-5(12)7(14)15/h5H,1-4H2,(H,14,15)/t5-/m0/s1. The fraction of sp³-hybridized carbons (Fsp3) is 0.750. The molecule has 1 aliphatic heterocycles. The van der Waals surface area contributed by atoms with Crippen LogP contribution in [0.5, 0.6) is 0 Å². The number of rotatable bonds is 3. The summed E-state index contributed by atoms with van der Waals surface area (Å²) in [6, 6.07) is -0.971. The van der Waals surface area contributed by atoms with Crippen LogP contribution in [0.15, 0.2) is 0 Å². The number of thioether (sulfide) groups is 1. The van der Waals surface area contributed by atoms with Crippen molar-refractivity contribution in [3.8, 4) is 0 Å². The molecule has 0 unspecified atom stereocenters. The molecule has 0 aromatic rings. The minimum Gasteiger partial charge on any atom is -0.480 e. The van der Waals surface area contributed by atoms with Crippen LogP contribution in [0.1, 0.15) is 12.8 Å². The molecular weight excluding hydrogens is 247 g/mol. The molecule has 1 atom stereocenters. The molecule has 1 saturated heterocycles. The van der Waals surface area contributed by atoms with Gasteiger partial charge in [0.15, 0.2) is 0 Å². The molecule has 1 rings (SSSR count). The maximum Gasteiger partial charge on any atom is 0.442 e. The third-order valence-electron chi connectivity index (χ3n) is 2.22. The number of nitrogens with zero attached hydrogens (tertiary/aromatic N) is 1. The van der Waals surface area contributed by atoms with Gasteiger partial charge >= 0.3 is 11.5 Å². The van der Waals surface area contributed by atoms with Gasteiger partial charge in [0.2, 0.25) is 5.91 Å². The molecular formula is C8H10F3NO3S. The third kappa shape index (κ3) is 3.58. The predicted molar refractivity (Wildman–Crippen MR) is 50.9 cm³/mol. The number of amides is 1. The summed E-state index contributed by atoms with van der Waals surface area (Å²) in [5, 5.41) is 8.74. The van der Waals surface area contributed by atoms with Gasteiger partial charge in [-0.2, -0.15) is 13.2 Å². The Labute approximate surface area is 93.8 Å². The van der Waals surface area contributed by atoms with E-state index in [9.17, 15) is 22.8 Å². The van der Waals surface area contributed by atoms with Crippen molar-refractivity contribution in [3.05, 3.63) is 0 Å². The van der Waals surface area contributed by atoms with Crippen molar-refractivity contribution < 1.29 is 27.9 Å². The molecule has 0 spiro atoms. The topological polar surface area (TPSA) is 57.6 Å². The first-order valence-corrected chi connectivity index (χ1v) is 5.53. The smallest absolute Gasteiger partial charge is 0.442 e. The predicted octanol–water partition coefficient (Wildman–Crippen LogP) is 1.31. The Balaban J connectivity index is 2.50. The molecule has 0 radical (unpaired) electrons. The van der Waals surface area contributed by atoms with Crippen molar-refractivity contribution in [2.75, 3.05) is 12.3 Å². The van der Waals surface area contributed by atoms with Gasteiger partial charge < -0.3 is 10.0 Å². The maximum absolute atomic E-state index is 11.8. The molecule has 92 valence electrons. The van der Waals surface area contributed by atoms with E-state index < -0.39 is 40.9 Å². The minimum atomic E-state index is -4.46. The number of aliphatic carboxylic acids is 1. The maximum atomic E-state index is 11.8. The van der Waals surface area contributed by atoms with Crippen LogP contribution < -0.4 is 0 Å². The van der Waals surface area contributed by atoms with Gasteiger partial charge in [-0.3, -0.25) is 4.79 Å². The number of hydrogen-bond donors (Lipinski definition) is 1. The number of alkyl halides is 3. The summed E-state index contributed by atoms with van der Waals surface area (Å²) in [5.41, 5.74) is -4.46. The second-order valence-corrected chi connectivity index (χ2v) is 4.36. The highest BCUT2D eigenvalue weighted by molar-refractivity contribution is 8.00. The van der Waals surface area contributed by atoms with Crippen LogP contribution in [0.3, 0.4) is 0 Å². The molecule has 1 N–H and O–H groups in total. The molecule has 1 fully saturated rings. The van der Waals surface area contributed by atoms with Gasteiger partial charge in [0.1, 0.15) is 6.04 Å². The van der Waals surface area contributed by atoms with Crippen molar-refractivity contribution in [3.63, 3.8) is 0 Å². The highest BCUT2D eigenvalue weighted by atomic mass is 32.2. The molecule has 1 aliphatic rings. The summed E-state index contributed by atoms with van der Waals surface area (Å²) in [6.07, 6.45) is 0.817. The van der Waals surface area contributed by atoms with Crippen LogP contribution in [0.4, 0.5) is 13.2 Å². The van der Waals surface area contributed by atoms with E-state index in [4.69, 9.17) is 5.11 Å². The van der Waals surface area contributed by atoms with Gasteiger partial charge in [-0.1, -0.05) is 0 Å². The summed E-state index contributed by atoms with van der Waals surface area (Å²) in [7, 11) is 0. The van der Waals surface area contributed by atoms with Gasteiger partial charge in [-0.15, -0.1) is 0 Å². The van der Waals surface area contributed by atoms with E-state index in [1.165, 1.54) is 0 Å². The van der Waals surface area contributed by atoms with Crippen LogP contribution in [0.25, 0.3) is 0 Å². The van der Waals surface area contributed by atoms with Gasteiger partial charge in [0.25, 0.3) is 0 Å². The Hall–Kier alpha value is -0.920. The van der Waals surface area contributed by atoms with Gasteiger partial charge in [0, 0.05) is 6.54 Å². The van der Waals surface area contributed by atoms with Crippen molar-refractivity contribution in [1.29, 1.82) is 0 Å². The Morgan fingerprint density at radius 3 is 2.56 bits per heavy atom. The SMILES string of the molecule is O=C(O)[C@@H]1CCCN1C(=O)CSC(F)(F)F. The van der Waals surface area contributed by atoms with Crippen molar-refractivity contribution in [2.24, 2.45) is 0 Å². The van der Waals surface area contributed by atoms with Crippen LogP contribution in [0, 0.1) is 0 Å². The number of carbonyl (C=O) groups excluding carboxylic acids is 1. The Morgan fingerprint density at radius 1 is 1.44 bits per heavy atom. The van der Waals surface area contributed by atoms with E-state index in [-0.39, 0.29) is 6.54 Å². The molecule has 0 saturated carbocycles. The van der Waals surface area contributed by atoms with E-state index in [1.807, 2.05) is 0 Å². The summed E-state index contributed by atoms with van der Waals surface area (Å²) in [5.74, 6) is -2.69. The van der Waals surface area contributed by atoms with E-state index in [0.717, 1.165) is 4.90 Å². The second kappa shape index (κ2) is 4.94. The van der Waals surface area contributed by atoms with Gasteiger partial charge in [-0.05, 0) is 24.6 Å².